The lowest BCUT2D eigenvalue weighted by Gasteiger charge is -2.32. The largest absolute Gasteiger partial charge is 0.356 e. The van der Waals surface area contributed by atoms with E-state index in [9.17, 15) is 22.8 Å². The monoisotopic (exact) mass is 499 g/mol. The van der Waals surface area contributed by atoms with Crippen LogP contribution in [0.15, 0.2) is 53.4 Å². The van der Waals surface area contributed by atoms with Gasteiger partial charge in [0.1, 0.15) is 0 Å². The number of benzene rings is 2. The van der Waals surface area contributed by atoms with Gasteiger partial charge in [-0.15, -0.1) is 0 Å². The third-order valence-corrected chi connectivity index (χ3v) is 7.56. The highest BCUT2D eigenvalue weighted by Gasteiger charge is 2.28. The Kier molecular flexibility index (Phi) is 9.17. The van der Waals surface area contributed by atoms with Crippen molar-refractivity contribution in [1.29, 1.82) is 0 Å². The minimum atomic E-state index is -3.74. The second-order valence-electron chi connectivity index (χ2n) is 8.84. The summed E-state index contributed by atoms with van der Waals surface area (Å²) in [6, 6.07) is 12.6. The number of hydrogen-bond acceptors (Lipinski definition) is 5. The molecule has 8 nitrogen and oxygen atoms in total. The van der Waals surface area contributed by atoms with Crippen molar-refractivity contribution in [2.45, 2.75) is 51.0 Å². The number of carbonyl (C=O) groups is 3. The molecule has 1 saturated heterocycles. The number of carbonyl (C=O) groups excluding carboxylic acids is 3. The van der Waals surface area contributed by atoms with Crippen LogP contribution in [0.3, 0.4) is 0 Å². The molecule has 1 unspecified atom stereocenters. The molecule has 1 fully saturated rings. The number of ketones is 1. The van der Waals surface area contributed by atoms with E-state index in [2.05, 4.69) is 17.0 Å². The Morgan fingerprint density at radius 3 is 2.29 bits per heavy atom. The number of nitrogens with one attached hydrogen (secondary N) is 2. The highest BCUT2D eigenvalue weighted by Crippen LogP contribution is 2.19. The average molecular weight is 500 g/mol. The molecule has 1 aliphatic heterocycles. The lowest BCUT2D eigenvalue weighted by molar-refractivity contribution is -0.126. The number of Topliss-reactive ketones (excluding diaryl/α,β-unsaturated/α-hetero) is 1. The molecule has 0 spiro atoms. The lowest BCUT2D eigenvalue weighted by atomic mass is 9.96. The van der Waals surface area contributed by atoms with Gasteiger partial charge in [0, 0.05) is 37.3 Å². The van der Waals surface area contributed by atoms with Crippen LogP contribution in [0, 0.1) is 5.92 Å². The Bertz CT molecular complexity index is 1140. The summed E-state index contributed by atoms with van der Waals surface area (Å²) in [4.78, 5) is 38.6. The topological polar surface area (TPSA) is 113 Å². The molecule has 1 atom stereocenters. The van der Waals surface area contributed by atoms with E-state index in [1.54, 1.807) is 29.2 Å². The van der Waals surface area contributed by atoms with Gasteiger partial charge in [-0.2, -0.15) is 0 Å². The number of likely N-dealkylation sites (tertiary alicyclic amines) is 1. The summed E-state index contributed by atoms with van der Waals surface area (Å²) in [6.07, 6.45) is 3.51. The number of rotatable bonds is 10. The van der Waals surface area contributed by atoms with Crippen molar-refractivity contribution in [1.82, 2.24) is 14.9 Å². The molecule has 0 radical (unpaired) electrons. The van der Waals surface area contributed by atoms with Gasteiger partial charge in [0.05, 0.1) is 10.8 Å². The molecule has 35 heavy (non-hydrogen) atoms. The molecule has 0 aromatic heterocycles. The fraction of sp³-hybridized carbons (Fsp3) is 0.423. The third-order valence-electron chi connectivity index (χ3n) is 6.15. The van der Waals surface area contributed by atoms with Crippen LogP contribution in [0.1, 0.15) is 65.8 Å². The molecule has 188 valence electrons. The van der Waals surface area contributed by atoms with Crippen molar-refractivity contribution in [3.05, 3.63) is 65.2 Å². The zero-order valence-corrected chi connectivity index (χ0v) is 21.1. The maximum atomic E-state index is 13.0. The first-order chi connectivity index (χ1) is 16.7. The van der Waals surface area contributed by atoms with Crippen molar-refractivity contribution in [3.8, 4) is 0 Å². The molecule has 0 bridgehead atoms. The van der Waals surface area contributed by atoms with Crippen molar-refractivity contribution in [2.75, 3.05) is 19.6 Å². The Hall–Kier alpha value is -3.04. The second-order valence-corrected chi connectivity index (χ2v) is 10.6. The molecule has 3 rings (SSSR count). The summed E-state index contributed by atoms with van der Waals surface area (Å²) >= 11 is 0. The number of piperidine rings is 1. The van der Waals surface area contributed by atoms with E-state index in [4.69, 9.17) is 0 Å². The van der Waals surface area contributed by atoms with Crippen LogP contribution < -0.4 is 10.0 Å². The number of nitrogens with zero attached hydrogens (tertiary/aromatic N) is 1. The van der Waals surface area contributed by atoms with E-state index in [0.29, 0.717) is 36.3 Å². The number of unbranched alkanes of at least 4 members (excludes halogenated alkanes) is 1. The SMILES string of the molecule is CCCCNC(=O)C1CCCN(C(=O)c2ccc(CNS(=O)(=O)c3ccc(C(C)=O)cc3)cc2)C1. The molecular formula is C26H33N3O5S. The predicted molar refractivity (Wildman–Crippen MR) is 133 cm³/mol. The van der Waals surface area contributed by atoms with Crippen molar-refractivity contribution < 1.29 is 22.8 Å². The van der Waals surface area contributed by atoms with E-state index >= 15 is 0 Å². The average Bonchev–Trinajstić information content (AvgIpc) is 2.87. The first kappa shape index (κ1) is 26.6. The molecule has 9 heteroatoms. The predicted octanol–water partition coefficient (Wildman–Crippen LogP) is 3.14. The van der Waals surface area contributed by atoms with Crippen LogP contribution in [0.25, 0.3) is 0 Å². The van der Waals surface area contributed by atoms with E-state index < -0.39 is 10.0 Å². The van der Waals surface area contributed by atoms with Crippen molar-refractivity contribution in [2.24, 2.45) is 5.92 Å². The molecule has 2 N–H and O–H groups in total. The maximum Gasteiger partial charge on any atom is 0.253 e. The fourth-order valence-electron chi connectivity index (χ4n) is 3.99. The van der Waals surface area contributed by atoms with Gasteiger partial charge >= 0.3 is 0 Å². The van der Waals surface area contributed by atoms with Crippen molar-refractivity contribution in [3.63, 3.8) is 0 Å². The quantitative estimate of drug-likeness (QED) is 0.385. The van der Waals surface area contributed by atoms with E-state index in [-0.39, 0.29) is 35.0 Å². The van der Waals surface area contributed by atoms with Crippen molar-refractivity contribution >= 4 is 27.6 Å². The zero-order valence-electron chi connectivity index (χ0n) is 20.2. The molecule has 2 aromatic carbocycles. The minimum absolute atomic E-state index is 0.00881. The van der Waals surface area contributed by atoms with Crippen LogP contribution in [-0.4, -0.2) is 50.5 Å². The van der Waals surface area contributed by atoms with Crippen LogP contribution in [0.4, 0.5) is 0 Å². The summed E-state index contributed by atoms with van der Waals surface area (Å²) in [5.41, 5.74) is 1.65. The van der Waals surface area contributed by atoms with E-state index in [1.165, 1.54) is 31.2 Å². The molecule has 1 heterocycles. The van der Waals surface area contributed by atoms with Gasteiger partial charge in [0.2, 0.25) is 15.9 Å². The minimum Gasteiger partial charge on any atom is -0.356 e. The van der Waals surface area contributed by atoms with Crippen LogP contribution >= 0.6 is 0 Å². The normalized spacial score (nSPS) is 16.1. The Morgan fingerprint density at radius 1 is 1.00 bits per heavy atom. The standard InChI is InChI=1S/C26H33N3O5S/c1-3-4-15-27-25(31)23-6-5-16-29(18-23)26(32)22-9-7-20(8-10-22)17-28-35(33,34)24-13-11-21(12-14-24)19(2)30/h7-14,23,28H,3-6,15-18H2,1-2H3,(H,27,31). The van der Waals surface area contributed by atoms with Gasteiger partial charge in [-0.1, -0.05) is 37.6 Å². The summed E-state index contributed by atoms with van der Waals surface area (Å²) in [7, 11) is -3.74. The van der Waals surface area contributed by atoms with E-state index in [1.807, 2.05) is 0 Å². The van der Waals surface area contributed by atoms with Gasteiger partial charge in [-0.05, 0) is 56.0 Å². The first-order valence-electron chi connectivity index (χ1n) is 12.0. The van der Waals surface area contributed by atoms with E-state index in [0.717, 1.165) is 25.7 Å². The molecule has 2 aromatic rings. The molecule has 0 aliphatic carbocycles. The van der Waals surface area contributed by atoms with Gasteiger partial charge < -0.3 is 10.2 Å². The Morgan fingerprint density at radius 2 is 1.66 bits per heavy atom. The molecule has 1 aliphatic rings. The third kappa shape index (κ3) is 7.22. The Labute approximate surface area is 207 Å². The summed E-state index contributed by atoms with van der Waals surface area (Å²) in [5.74, 6) is -0.446. The molecule has 2 amide bonds. The maximum absolute atomic E-state index is 13.0. The van der Waals surface area contributed by atoms with Crippen LogP contribution in [0.2, 0.25) is 0 Å². The summed E-state index contributed by atoms with van der Waals surface area (Å²) < 4.78 is 27.6. The molecule has 0 saturated carbocycles. The zero-order chi connectivity index (χ0) is 25.4. The van der Waals surface area contributed by atoms with Crippen LogP contribution in [-0.2, 0) is 21.4 Å². The van der Waals surface area contributed by atoms with Gasteiger partial charge in [0.15, 0.2) is 5.78 Å². The Balaban J connectivity index is 1.56. The first-order valence-corrected chi connectivity index (χ1v) is 13.5. The summed E-state index contributed by atoms with van der Waals surface area (Å²) in [6.45, 7) is 5.24. The highest BCUT2D eigenvalue weighted by atomic mass is 32.2. The lowest BCUT2D eigenvalue weighted by Crippen LogP contribution is -2.45. The van der Waals surface area contributed by atoms with Gasteiger partial charge in [-0.3, -0.25) is 14.4 Å². The fourth-order valence-corrected chi connectivity index (χ4v) is 5.00. The second kappa shape index (κ2) is 12.1. The van der Waals surface area contributed by atoms with Gasteiger partial charge in [0.25, 0.3) is 5.91 Å². The number of amides is 2. The number of hydrogen-bond donors (Lipinski definition) is 2. The number of sulfonamides is 1. The van der Waals surface area contributed by atoms with Crippen LogP contribution in [0.5, 0.6) is 0 Å². The van der Waals surface area contributed by atoms with Gasteiger partial charge in [-0.25, -0.2) is 13.1 Å². The smallest absolute Gasteiger partial charge is 0.253 e. The molecular weight excluding hydrogens is 466 g/mol. The summed E-state index contributed by atoms with van der Waals surface area (Å²) in [5, 5.41) is 2.96. The highest BCUT2D eigenvalue weighted by molar-refractivity contribution is 7.89.